The fourth-order valence-electron chi connectivity index (χ4n) is 2.33. The quantitative estimate of drug-likeness (QED) is 0.703. The molecule has 1 saturated carbocycles. The molecule has 1 aliphatic carbocycles. The van der Waals surface area contributed by atoms with Gasteiger partial charge in [-0.3, -0.25) is 0 Å². The van der Waals surface area contributed by atoms with E-state index in [1.54, 1.807) is 5.56 Å². The van der Waals surface area contributed by atoms with Crippen LogP contribution in [0, 0.1) is 0 Å². The van der Waals surface area contributed by atoms with E-state index in [-0.39, 0.29) is 0 Å². The second-order valence-electron chi connectivity index (χ2n) is 4.54. The van der Waals surface area contributed by atoms with Crippen LogP contribution in [-0.2, 0) is 13.0 Å². The summed E-state index contributed by atoms with van der Waals surface area (Å²) in [7, 11) is 1.97. The number of nitrogens with one attached hydrogen (secondary N) is 2. The van der Waals surface area contributed by atoms with Gasteiger partial charge in [0.2, 0.25) is 0 Å². The average molecular weight is 188 g/mol. The highest BCUT2D eigenvalue weighted by Crippen LogP contribution is 2.42. The van der Waals surface area contributed by atoms with E-state index in [2.05, 4.69) is 28.8 Å². The average Bonchev–Trinajstić information content (AvgIpc) is 2.97. The molecule has 2 N–H and O–H groups in total. The maximum Gasteiger partial charge on any atom is 0.0341 e. The Kier molecular flexibility index (Phi) is 1.62. The number of anilines is 1. The summed E-state index contributed by atoms with van der Waals surface area (Å²) in [6.07, 6.45) is 3.95. The van der Waals surface area contributed by atoms with Crippen LogP contribution in [0.15, 0.2) is 18.2 Å². The SMILES string of the molecule is CNc1ccc2c(c1)CNC1(CC1)C2. The molecule has 1 aromatic rings. The van der Waals surface area contributed by atoms with Crippen LogP contribution in [0.2, 0.25) is 0 Å². The van der Waals surface area contributed by atoms with Gasteiger partial charge in [0.15, 0.2) is 0 Å². The predicted octanol–water partition coefficient (Wildman–Crippen LogP) is 1.91. The van der Waals surface area contributed by atoms with Gasteiger partial charge in [0.1, 0.15) is 0 Å². The first-order valence-corrected chi connectivity index (χ1v) is 5.36. The van der Waals surface area contributed by atoms with E-state index in [1.165, 1.54) is 30.5 Å². The zero-order valence-electron chi connectivity index (χ0n) is 8.56. The number of benzene rings is 1. The predicted molar refractivity (Wildman–Crippen MR) is 58.5 cm³/mol. The van der Waals surface area contributed by atoms with Crippen molar-refractivity contribution in [3.63, 3.8) is 0 Å². The highest BCUT2D eigenvalue weighted by atomic mass is 15.0. The van der Waals surface area contributed by atoms with Crippen molar-refractivity contribution in [3.05, 3.63) is 29.3 Å². The van der Waals surface area contributed by atoms with Gasteiger partial charge in [-0.25, -0.2) is 0 Å². The van der Waals surface area contributed by atoms with E-state index in [1.807, 2.05) is 7.05 Å². The fraction of sp³-hybridized carbons (Fsp3) is 0.500. The third kappa shape index (κ3) is 1.22. The summed E-state index contributed by atoms with van der Waals surface area (Å²) < 4.78 is 0. The zero-order valence-corrected chi connectivity index (χ0v) is 8.56. The van der Waals surface area contributed by atoms with Gasteiger partial charge < -0.3 is 10.6 Å². The number of rotatable bonds is 1. The van der Waals surface area contributed by atoms with Crippen molar-refractivity contribution < 1.29 is 0 Å². The Bertz CT molecular complexity index is 367. The van der Waals surface area contributed by atoms with Gasteiger partial charge in [0.05, 0.1) is 0 Å². The van der Waals surface area contributed by atoms with Crippen molar-refractivity contribution in [2.45, 2.75) is 31.3 Å². The lowest BCUT2D eigenvalue weighted by molar-refractivity contribution is 0.464. The van der Waals surface area contributed by atoms with Gasteiger partial charge >= 0.3 is 0 Å². The smallest absolute Gasteiger partial charge is 0.0341 e. The van der Waals surface area contributed by atoms with Gasteiger partial charge in [0, 0.05) is 24.8 Å². The molecule has 1 aromatic carbocycles. The first-order chi connectivity index (χ1) is 6.81. The molecule has 0 radical (unpaired) electrons. The summed E-state index contributed by atoms with van der Waals surface area (Å²) in [6.45, 7) is 1.05. The van der Waals surface area contributed by atoms with Crippen LogP contribution in [0.1, 0.15) is 24.0 Å². The molecule has 0 unspecified atom stereocenters. The Hall–Kier alpha value is -1.02. The molecule has 14 heavy (non-hydrogen) atoms. The van der Waals surface area contributed by atoms with Crippen molar-refractivity contribution in [2.24, 2.45) is 0 Å². The van der Waals surface area contributed by atoms with E-state index in [0.717, 1.165) is 6.54 Å². The van der Waals surface area contributed by atoms with Crippen LogP contribution in [0.25, 0.3) is 0 Å². The van der Waals surface area contributed by atoms with Crippen LogP contribution in [0.3, 0.4) is 0 Å². The summed E-state index contributed by atoms with van der Waals surface area (Å²) >= 11 is 0. The summed E-state index contributed by atoms with van der Waals surface area (Å²) in [5.41, 5.74) is 4.72. The summed E-state index contributed by atoms with van der Waals surface area (Å²) in [4.78, 5) is 0. The van der Waals surface area contributed by atoms with E-state index < -0.39 is 0 Å². The molecule has 0 aromatic heterocycles. The van der Waals surface area contributed by atoms with E-state index in [4.69, 9.17) is 0 Å². The van der Waals surface area contributed by atoms with E-state index in [0.29, 0.717) is 5.54 Å². The number of fused-ring (bicyclic) bond motifs is 1. The van der Waals surface area contributed by atoms with Gasteiger partial charge in [0.25, 0.3) is 0 Å². The minimum absolute atomic E-state index is 0.494. The van der Waals surface area contributed by atoms with Crippen molar-refractivity contribution in [3.8, 4) is 0 Å². The minimum atomic E-state index is 0.494. The fourth-order valence-corrected chi connectivity index (χ4v) is 2.33. The topological polar surface area (TPSA) is 24.1 Å². The second-order valence-corrected chi connectivity index (χ2v) is 4.54. The molecule has 2 aliphatic rings. The van der Waals surface area contributed by atoms with Crippen molar-refractivity contribution >= 4 is 5.69 Å². The van der Waals surface area contributed by atoms with Gasteiger partial charge in [-0.1, -0.05) is 6.07 Å². The number of hydrogen-bond acceptors (Lipinski definition) is 2. The van der Waals surface area contributed by atoms with Crippen LogP contribution in [0.4, 0.5) is 5.69 Å². The molecule has 1 fully saturated rings. The Labute approximate surface area is 84.7 Å². The third-order valence-electron chi connectivity index (χ3n) is 3.53. The van der Waals surface area contributed by atoms with Crippen LogP contribution < -0.4 is 10.6 Å². The molecule has 0 bridgehead atoms. The molecule has 0 saturated heterocycles. The zero-order chi connectivity index (χ0) is 9.60. The first-order valence-electron chi connectivity index (χ1n) is 5.36. The van der Waals surface area contributed by atoms with Gasteiger partial charge in [-0.05, 0) is 42.5 Å². The molecular formula is C12H16N2. The van der Waals surface area contributed by atoms with Gasteiger partial charge in [-0.15, -0.1) is 0 Å². The molecule has 74 valence electrons. The minimum Gasteiger partial charge on any atom is -0.388 e. The Morgan fingerprint density at radius 2 is 2.14 bits per heavy atom. The highest BCUT2D eigenvalue weighted by Gasteiger charge is 2.44. The van der Waals surface area contributed by atoms with Crippen LogP contribution in [0.5, 0.6) is 0 Å². The molecule has 0 atom stereocenters. The van der Waals surface area contributed by atoms with Crippen molar-refractivity contribution in [2.75, 3.05) is 12.4 Å². The molecule has 0 amide bonds. The lowest BCUT2D eigenvalue weighted by atomic mass is 9.94. The van der Waals surface area contributed by atoms with E-state index >= 15 is 0 Å². The molecule has 1 aliphatic heterocycles. The molecule has 3 rings (SSSR count). The normalized spacial score (nSPS) is 21.8. The molecule has 1 spiro atoms. The molecule has 2 heteroatoms. The summed E-state index contributed by atoms with van der Waals surface area (Å²) in [5, 5.41) is 6.83. The molecule has 2 nitrogen and oxygen atoms in total. The van der Waals surface area contributed by atoms with Crippen molar-refractivity contribution in [1.29, 1.82) is 0 Å². The Morgan fingerprint density at radius 1 is 1.29 bits per heavy atom. The van der Waals surface area contributed by atoms with Crippen LogP contribution in [-0.4, -0.2) is 12.6 Å². The lowest BCUT2D eigenvalue weighted by Crippen LogP contribution is -2.37. The number of hydrogen-bond donors (Lipinski definition) is 2. The van der Waals surface area contributed by atoms with Crippen LogP contribution >= 0.6 is 0 Å². The first kappa shape index (κ1) is 8.30. The Morgan fingerprint density at radius 3 is 2.86 bits per heavy atom. The maximum absolute atomic E-state index is 3.65. The third-order valence-corrected chi connectivity index (χ3v) is 3.53. The summed E-state index contributed by atoms with van der Waals surface area (Å²) in [6, 6.07) is 6.72. The van der Waals surface area contributed by atoms with Crippen molar-refractivity contribution in [1.82, 2.24) is 5.32 Å². The maximum atomic E-state index is 3.65. The van der Waals surface area contributed by atoms with E-state index in [9.17, 15) is 0 Å². The lowest BCUT2D eigenvalue weighted by Gasteiger charge is -2.26. The monoisotopic (exact) mass is 188 g/mol. The second kappa shape index (κ2) is 2.74. The standard InChI is InChI=1S/C12H16N2/c1-13-11-3-2-9-7-12(4-5-12)14-8-10(9)6-11/h2-3,6,13-14H,4-5,7-8H2,1H3. The largest absolute Gasteiger partial charge is 0.388 e. The molecule has 1 heterocycles. The summed E-state index contributed by atoms with van der Waals surface area (Å²) in [5.74, 6) is 0. The van der Waals surface area contributed by atoms with Gasteiger partial charge in [-0.2, -0.15) is 0 Å². The highest BCUT2D eigenvalue weighted by molar-refractivity contribution is 5.49. The Balaban J connectivity index is 1.95. The molecular weight excluding hydrogens is 172 g/mol.